The van der Waals surface area contributed by atoms with Gasteiger partial charge in [0.1, 0.15) is 5.82 Å². The Morgan fingerprint density at radius 2 is 2.07 bits per heavy atom. The quantitative estimate of drug-likeness (QED) is 0.373. The number of carbonyl (C=O) groups is 1. The average molecular weight is 404 g/mol. The molecule has 1 fully saturated rings. The Bertz CT molecular complexity index is 741. The molecule has 0 unspecified atom stereocenters. The van der Waals surface area contributed by atoms with Crippen LogP contribution in [0.2, 0.25) is 0 Å². The summed E-state index contributed by atoms with van der Waals surface area (Å²) in [6.07, 6.45) is 0. The van der Waals surface area contributed by atoms with Crippen LogP contribution in [-0.2, 0) is 16.1 Å². The second-order valence-corrected chi connectivity index (χ2v) is 6.69. The highest BCUT2D eigenvalue weighted by Crippen LogP contribution is 2.12. The molecule has 0 aromatic heterocycles. The van der Waals surface area contributed by atoms with Gasteiger partial charge in [-0.25, -0.2) is 9.38 Å². The Balaban J connectivity index is 1.89. The number of piperazine rings is 1. The molecule has 1 heterocycles. The van der Waals surface area contributed by atoms with Crippen molar-refractivity contribution in [3.8, 4) is 6.07 Å². The Kier molecular flexibility index (Phi) is 9.34. The van der Waals surface area contributed by atoms with E-state index >= 15 is 0 Å². The van der Waals surface area contributed by atoms with Crippen LogP contribution in [0.5, 0.6) is 0 Å². The van der Waals surface area contributed by atoms with Crippen molar-refractivity contribution in [3.05, 3.63) is 35.1 Å². The Labute approximate surface area is 171 Å². The van der Waals surface area contributed by atoms with E-state index < -0.39 is 5.82 Å². The van der Waals surface area contributed by atoms with Crippen LogP contribution in [0.25, 0.3) is 0 Å². The molecule has 0 saturated carbocycles. The predicted molar refractivity (Wildman–Crippen MR) is 109 cm³/mol. The topological polar surface area (TPSA) is 93.0 Å². The van der Waals surface area contributed by atoms with Crippen molar-refractivity contribution in [1.82, 2.24) is 20.4 Å². The third-order valence-electron chi connectivity index (χ3n) is 4.58. The second-order valence-electron chi connectivity index (χ2n) is 6.69. The summed E-state index contributed by atoms with van der Waals surface area (Å²) in [7, 11) is 1.60. The molecule has 29 heavy (non-hydrogen) atoms. The third kappa shape index (κ3) is 7.33. The first kappa shape index (κ1) is 22.6. The molecule has 1 saturated heterocycles. The zero-order chi connectivity index (χ0) is 21.1. The molecule has 1 amide bonds. The Morgan fingerprint density at radius 3 is 2.69 bits per heavy atom. The standard InChI is InChI=1S/C20H29FN6O2/c1-3-23-20(25-14-17-5-4-16(13-22)12-18(17)21)27-9-7-26(8-10-27)15-19(28)24-6-11-29-2/h4-5,12H,3,6-11,14-15H2,1-2H3,(H,23,25)(H,24,28). The van der Waals surface area contributed by atoms with E-state index in [0.29, 0.717) is 37.4 Å². The Hall–Kier alpha value is -2.70. The molecular formula is C20H29FN6O2. The highest BCUT2D eigenvalue weighted by atomic mass is 19.1. The molecule has 9 heteroatoms. The number of amides is 1. The summed E-state index contributed by atoms with van der Waals surface area (Å²) < 4.78 is 19.0. The molecule has 1 aliphatic rings. The van der Waals surface area contributed by atoms with Crippen molar-refractivity contribution in [3.63, 3.8) is 0 Å². The molecule has 1 aromatic rings. The highest BCUT2D eigenvalue weighted by Gasteiger charge is 2.21. The summed E-state index contributed by atoms with van der Waals surface area (Å²) in [5.41, 5.74) is 0.746. The minimum absolute atomic E-state index is 0.00707. The van der Waals surface area contributed by atoms with Crippen molar-refractivity contribution in [1.29, 1.82) is 5.26 Å². The summed E-state index contributed by atoms with van der Waals surface area (Å²) >= 11 is 0. The van der Waals surface area contributed by atoms with E-state index in [1.807, 2.05) is 13.0 Å². The number of ether oxygens (including phenoxy) is 1. The number of hydrogen-bond donors (Lipinski definition) is 2. The van der Waals surface area contributed by atoms with Crippen LogP contribution in [0, 0.1) is 17.1 Å². The highest BCUT2D eigenvalue weighted by molar-refractivity contribution is 5.80. The van der Waals surface area contributed by atoms with Gasteiger partial charge in [0.15, 0.2) is 5.96 Å². The summed E-state index contributed by atoms with van der Waals surface area (Å²) in [5.74, 6) is 0.292. The van der Waals surface area contributed by atoms with Gasteiger partial charge in [-0.15, -0.1) is 0 Å². The van der Waals surface area contributed by atoms with Gasteiger partial charge in [0.05, 0.1) is 31.3 Å². The molecule has 158 valence electrons. The van der Waals surface area contributed by atoms with Gasteiger partial charge < -0.3 is 20.3 Å². The second kappa shape index (κ2) is 12.0. The minimum atomic E-state index is -0.423. The van der Waals surface area contributed by atoms with Crippen molar-refractivity contribution in [2.75, 3.05) is 59.5 Å². The van der Waals surface area contributed by atoms with E-state index in [1.165, 1.54) is 6.07 Å². The molecular weight excluding hydrogens is 375 g/mol. The van der Waals surface area contributed by atoms with E-state index in [1.54, 1.807) is 19.2 Å². The van der Waals surface area contributed by atoms with E-state index in [4.69, 9.17) is 10.00 Å². The van der Waals surface area contributed by atoms with E-state index in [2.05, 4.69) is 25.4 Å². The first-order valence-electron chi connectivity index (χ1n) is 9.77. The molecule has 8 nitrogen and oxygen atoms in total. The van der Waals surface area contributed by atoms with Crippen LogP contribution in [-0.4, -0.2) is 81.2 Å². The normalized spacial score (nSPS) is 15.1. The zero-order valence-corrected chi connectivity index (χ0v) is 17.1. The number of carbonyl (C=O) groups excluding carboxylic acids is 1. The molecule has 2 N–H and O–H groups in total. The van der Waals surface area contributed by atoms with Crippen molar-refractivity contribution < 1.29 is 13.9 Å². The van der Waals surface area contributed by atoms with Gasteiger partial charge in [0.25, 0.3) is 0 Å². The number of hydrogen-bond acceptors (Lipinski definition) is 5. The van der Waals surface area contributed by atoms with Crippen LogP contribution < -0.4 is 10.6 Å². The van der Waals surface area contributed by atoms with Crippen LogP contribution in [0.4, 0.5) is 4.39 Å². The minimum Gasteiger partial charge on any atom is -0.383 e. The van der Waals surface area contributed by atoms with E-state index in [9.17, 15) is 9.18 Å². The molecule has 0 aliphatic carbocycles. The van der Waals surface area contributed by atoms with E-state index in [0.717, 1.165) is 32.1 Å². The van der Waals surface area contributed by atoms with Crippen LogP contribution in [0.3, 0.4) is 0 Å². The Morgan fingerprint density at radius 1 is 1.31 bits per heavy atom. The lowest BCUT2D eigenvalue weighted by Crippen LogP contribution is -2.54. The van der Waals surface area contributed by atoms with Gasteiger partial charge in [0.2, 0.25) is 5.91 Å². The molecule has 0 atom stereocenters. The lowest BCUT2D eigenvalue weighted by atomic mass is 10.1. The number of nitrogens with one attached hydrogen (secondary N) is 2. The number of halogens is 1. The molecule has 0 bridgehead atoms. The van der Waals surface area contributed by atoms with Crippen molar-refractivity contribution in [2.45, 2.75) is 13.5 Å². The number of rotatable bonds is 8. The lowest BCUT2D eigenvalue weighted by Gasteiger charge is -2.36. The van der Waals surface area contributed by atoms with Gasteiger partial charge in [-0.2, -0.15) is 5.26 Å². The molecule has 1 aromatic carbocycles. The van der Waals surface area contributed by atoms with Gasteiger partial charge in [-0.05, 0) is 19.1 Å². The summed E-state index contributed by atoms with van der Waals surface area (Å²) in [4.78, 5) is 20.7. The van der Waals surface area contributed by atoms with Gasteiger partial charge in [0, 0.05) is 51.9 Å². The maximum Gasteiger partial charge on any atom is 0.234 e. The number of benzene rings is 1. The summed E-state index contributed by atoms with van der Waals surface area (Å²) in [5, 5.41) is 14.9. The first-order chi connectivity index (χ1) is 14.1. The molecule has 2 rings (SSSR count). The first-order valence-corrected chi connectivity index (χ1v) is 9.77. The molecule has 0 radical (unpaired) electrons. The fourth-order valence-electron chi connectivity index (χ4n) is 3.00. The third-order valence-corrected chi connectivity index (χ3v) is 4.58. The predicted octanol–water partition coefficient (Wildman–Crippen LogP) is 0.543. The largest absolute Gasteiger partial charge is 0.383 e. The smallest absolute Gasteiger partial charge is 0.234 e. The monoisotopic (exact) mass is 404 g/mol. The van der Waals surface area contributed by atoms with Crippen molar-refractivity contribution in [2.24, 2.45) is 4.99 Å². The molecule has 0 spiro atoms. The van der Waals surface area contributed by atoms with Crippen LogP contribution in [0.1, 0.15) is 18.1 Å². The summed E-state index contributed by atoms with van der Waals surface area (Å²) in [6.45, 7) is 7.21. The van der Waals surface area contributed by atoms with Gasteiger partial charge >= 0.3 is 0 Å². The maximum absolute atomic E-state index is 14.1. The van der Waals surface area contributed by atoms with Crippen LogP contribution in [0.15, 0.2) is 23.2 Å². The molecule has 1 aliphatic heterocycles. The fourth-order valence-corrected chi connectivity index (χ4v) is 3.00. The average Bonchev–Trinajstić information content (AvgIpc) is 2.72. The number of aliphatic imine (C=N–C) groups is 1. The lowest BCUT2D eigenvalue weighted by molar-refractivity contribution is -0.122. The SMILES string of the molecule is CCNC(=NCc1ccc(C#N)cc1F)N1CCN(CC(=O)NCCOC)CC1. The van der Waals surface area contributed by atoms with Gasteiger partial charge in [-0.1, -0.05) is 6.07 Å². The fraction of sp³-hybridized carbons (Fsp3) is 0.550. The zero-order valence-electron chi connectivity index (χ0n) is 17.1. The van der Waals surface area contributed by atoms with E-state index in [-0.39, 0.29) is 12.5 Å². The number of methoxy groups -OCH3 is 1. The van der Waals surface area contributed by atoms with Crippen LogP contribution >= 0.6 is 0 Å². The van der Waals surface area contributed by atoms with Gasteiger partial charge in [-0.3, -0.25) is 9.69 Å². The number of nitriles is 1. The number of nitrogens with zero attached hydrogens (tertiary/aromatic N) is 4. The maximum atomic E-state index is 14.1. The van der Waals surface area contributed by atoms with Crippen molar-refractivity contribution >= 4 is 11.9 Å². The number of guanidine groups is 1. The summed E-state index contributed by atoms with van der Waals surface area (Å²) in [6, 6.07) is 6.35.